The second kappa shape index (κ2) is 14.5. The van der Waals surface area contributed by atoms with Crippen molar-refractivity contribution in [1.29, 1.82) is 0 Å². The topological polar surface area (TPSA) is 102 Å². The molecule has 34 heavy (non-hydrogen) atoms. The molecule has 0 heterocycles. The summed E-state index contributed by atoms with van der Waals surface area (Å²) in [4.78, 5) is 49.5. The Bertz CT molecular complexity index is 789. The van der Waals surface area contributed by atoms with Crippen LogP contribution in [0.1, 0.15) is 79.2 Å². The maximum atomic E-state index is 13.1. The second-order valence-corrected chi connectivity index (χ2v) is 10.5. The lowest BCUT2D eigenvalue weighted by Gasteiger charge is -2.25. The number of ether oxygens (including phenoxy) is 1. The van der Waals surface area contributed by atoms with Crippen LogP contribution in [-0.4, -0.2) is 36.2 Å². The van der Waals surface area contributed by atoms with E-state index in [0.29, 0.717) is 25.7 Å². The average Bonchev–Trinajstić information content (AvgIpc) is 2.76. The molecule has 7 nitrogen and oxygen atoms in total. The predicted molar refractivity (Wildman–Crippen MR) is 133 cm³/mol. The van der Waals surface area contributed by atoms with Crippen LogP contribution in [0.3, 0.4) is 0 Å². The highest BCUT2D eigenvalue weighted by Gasteiger charge is 2.28. The number of ketones is 1. The summed E-state index contributed by atoms with van der Waals surface area (Å²) in [6, 6.07) is 7.86. The van der Waals surface area contributed by atoms with Crippen molar-refractivity contribution >= 4 is 24.1 Å². The van der Waals surface area contributed by atoms with Gasteiger partial charge in [-0.15, -0.1) is 0 Å². The molecular weight excluding hydrogens is 432 g/mol. The van der Waals surface area contributed by atoms with Gasteiger partial charge < -0.3 is 20.2 Å². The fourth-order valence-electron chi connectivity index (χ4n) is 3.58. The van der Waals surface area contributed by atoms with Crippen molar-refractivity contribution in [2.45, 2.75) is 92.3 Å². The van der Waals surface area contributed by atoms with Gasteiger partial charge in [-0.1, -0.05) is 71.9 Å². The molecule has 0 aliphatic rings. The molecule has 7 heteroatoms. The third kappa shape index (κ3) is 12.0. The first kappa shape index (κ1) is 29.3. The molecule has 0 aromatic heterocycles. The lowest BCUT2D eigenvalue weighted by molar-refractivity contribution is -0.129. The van der Waals surface area contributed by atoms with Gasteiger partial charge in [0, 0.05) is 11.8 Å². The van der Waals surface area contributed by atoms with Crippen LogP contribution in [-0.2, 0) is 25.7 Å². The van der Waals surface area contributed by atoms with E-state index < -0.39 is 29.5 Å². The fourth-order valence-corrected chi connectivity index (χ4v) is 3.58. The van der Waals surface area contributed by atoms with E-state index in [1.807, 2.05) is 71.9 Å². The fraction of sp³-hybridized carbons (Fsp3) is 0.630. The average molecular weight is 475 g/mol. The van der Waals surface area contributed by atoms with Gasteiger partial charge >= 0.3 is 6.09 Å². The molecule has 2 amide bonds. The van der Waals surface area contributed by atoms with Crippen LogP contribution in [0.15, 0.2) is 30.3 Å². The van der Waals surface area contributed by atoms with Crippen molar-refractivity contribution in [3.63, 3.8) is 0 Å². The molecule has 1 aromatic carbocycles. The Balaban J connectivity index is 2.77. The Kier molecular flexibility index (Phi) is 12.5. The van der Waals surface area contributed by atoms with Gasteiger partial charge in [0.15, 0.2) is 5.78 Å². The summed E-state index contributed by atoms with van der Waals surface area (Å²) in [5, 5.41) is 5.53. The van der Waals surface area contributed by atoms with Crippen molar-refractivity contribution in [2.24, 2.45) is 17.3 Å². The van der Waals surface area contributed by atoms with Gasteiger partial charge in [0.25, 0.3) is 0 Å². The number of hydrogen-bond donors (Lipinski definition) is 2. The highest BCUT2D eigenvalue weighted by molar-refractivity contribution is 5.92. The zero-order valence-corrected chi connectivity index (χ0v) is 21.6. The normalized spacial score (nSPS) is 13.3. The quantitative estimate of drug-likeness (QED) is 0.355. The molecule has 2 N–H and O–H groups in total. The summed E-state index contributed by atoms with van der Waals surface area (Å²) in [6.07, 6.45) is 2.63. The minimum atomic E-state index is -0.806. The first-order valence-electron chi connectivity index (χ1n) is 12.2. The van der Waals surface area contributed by atoms with Gasteiger partial charge in [-0.2, -0.15) is 0 Å². The smallest absolute Gasteiger partial charge is 0.408 e. The standard InChI is InChI=1S/C27H42N2O5/c1-19(2)15-22(24(31)13-10-14-27(5,6)18-30)28-25(32)23(16-20(3)4)29-26(33)34-17-21-11-8-7-9-12-21/h7-9,11-12,18-20,22-23H,10,13-17H2,1-6H3,(H,28,32)(H,29,33)/t22-,23-/m0/s1. The molecular formula is C27H42N2O5. The van der Waals surface area contributed by atoms with Gasteiger partial charge in [0.2, 0.25) is 5.91 Å². The van der Waals surface area contributed by atoms with E-state index in [-0.39, 0.29) is 30.6 Å². The lowest BCUT2D eigenvalue weighted by atomic mass is 9.87. The Morgan fingerprint density at radius 1 is 0.941 bits per heavy atom. The monoisotopic (exact) mass is 474 g/mol. The molecule has 1 aromatic rings. The van der Waals surface area contributed by atoms with Crippen molar-refractivity contribution in [1.82, 2.24) is 10.6 Å². The lowest BCUT2D eigenvalue weighted by Crippen LogP contribution is -2.52. The van der Waals surface area contributed by atoms with Crippen LogP contribution in [0.2, 0.25) is 0 Å². The Morgan fingerprint density at radius 3 is 2.09 bits per heavy atom. The zero-order chi connectivity index (χ0) is 25.7. The summed E-state index contributed by atoms with van der Waals surface area (Å²) < 4.78 is 5.28. The van der Waals surface area contributed by atoms with Crippen molar-refractivity contribution < 1.29 is 23.9 Å². The summed E-state index contributed by atoms with van der Waals surface area (Å²) >= 11 is 0. The molecule has 2 atom stereocenters. The van der Waals surface area contributed by atoms with E-state index in [1.165, 1.54) is 0 Å². The highest BCUT2D eigenvalue weighted by atomic mass is 16.5. The number of carbonyl (C=O) groups excluding carboxylic acids is 4. The summed E-state index contributed by atoms with van der Waals surface area (Å²) in [7, 11) is 0. The van der Waals surface area contributed by atoms with E-state index >= 15 is 0 Å². The maximum Gasteiger partial charge on any atom is 0.408 e. The Morgan fingerprint density at radius 2 is 1.53 bits per heavy atom. The van der Waals surface area contributed by atoms with E-state index in [2.05, 4.69) is 10.6 Å². The first-order valence-corrected chi connectivity index (χ1v) is 12.2. The minimum absolute atomic E-state index is 0.0568. The Hall–Kier alpha value is -2.70. The molecule has 0 unspecified atom stereocenters. The summed E-state index contributed by atoms with van der Waals surface area (Å²) in [6.45, 7) is 11.7. The van der Waals surface area contributed by atoms with Gasteiger partial charge in [0.1, 0.15) is 18.9 Å². The SMILES string of the molecule is CC(C)C[C@H](NC(=O)[C@H](CC(C)C)NC(=O)OCc1ccccc1)C(=O)CCCC(C)(C)C=O. The van der Waals surface area contributed by atoms with Crippen LogP contribution < -0.4 is 10.6 Å². The largest absolute Gasteiger partial charge is 0.445 e. The molecule has 0 aliphatic carbocycles. The highest BCUT2D eigenvalue weighted by Crippen LogP contribution is 2.21. The minimum Gasteiger partial charge on any atom is -0.445 e. The number of Topliss-reactive ketones (excluding diaryl/α,β-unsaturated/α-hetero) is 1. The van der Waals surface area contributed by atoms with Crippen molar-refractivity contribution in [3.05, 3.63) is 35.9 Å². The Labute approximate surface area is 204 Å². The van der Waals surface area contributed by atoms with Crippen LogP contribution in [0.25, 0.3) is 0 Å². The zero-order valence-electron chi connectivity index (χ0n) is 21.6. The van der Waals surface area contributed by atoms with Crippen LogP contribution in [0.4, 0.5) is 4.79 Å². The van der Waals surface area contributed by atoms with Crippen molar-refractivity contribution in [2.75, 3.05) is 0 Å². The number of aldehydes is 1. The van der Waals surface area contributed by atoms with Crippen LogP contribution in [0.5, 0.6) is 0 Å². The number of alkyl carbamates (subject to hydrolysis) is 1. The molecule has 0 spiro atoms. The van der Waals surface area contributed by atoms with E-state index in [1.54, 1.807) is 0 Å². The second-order valence-electron chi connectivity index (χ2n) is 10.5. The maximum absolute atomic E-state index is 13.1. The van der Waals surface area contributed by atoms with Crippen molar-refractivity contribution in [3.8, 4) is 0 Å². The van der Waals surface area contributed by atoms with Gasteiger partial charge in [0.05, 0.1) is 6.04 Å². The third-order valence-electron chi connectivity index (χ3n) is 5.50. The van der Waals surface area contributed by atoms with E-state index in [9.17, 15) is 19.2 Å². The third-order valence-corrected chi connectivity index (χ3v) is 5.50. The summed E-state index contributed by atoms with van der Waals surface area (Å²) in [5.74, 6) is -0.0979. The predicted octanol–water partition coefficient (Wildman–Crippen LogP) is 4.82. The molecule has 0 saturated carbocycles. The summed E-state index contributed by atoms with van der Waals surface area (Å²) in [5.41, 5.74) is 0.381. The molecule has 0 bridgehead atoms. The van der Waals surface area contributed by atoms with Crippen LogP contribution in [0, 0.1) is 17.3 Å². The number of benzene rings is 1. The number of hydrogen-bond acceptors (Lipinski definition) is 5. The molecule has 0 fully saturated rings. The molecule has 1 rings (SSSR count). The first-order chi connectivity index (χ1) is 15.9. The number of carbonyl (C=O) groups is 4. The molecule has 0 aliphatic heterocycles. The van der Waals surface area contributed by atoms with Crippen LogP contribution >= 0.6 is 0 Å². The van der Waals surface area contributed by atoms with Gasteiger partial charge in [-0.25, -0.2) is 4.79 Å². The molecule has 0 radical (unpaired) electrons. The van der Waals surface area contributed by atoms with E-state index in [0.717, 1.165) is 11.8 Å². The molecule has 0 saturated heterocycles. The van der Waals surface area contributed by atoms with Gasteiger partial charge in [-0.3, -0.25) is 9.59 Å². The van der Waals surface area contributed by atoms with E-state index in [4.69, 9.17) is 4.74 Å². The number of rotatable bonds is 15. The number of nitrogens with one attached hydrogen (secondary N) is 2. The molecule has 190 valence electrons. The number of amides is 2. The van der Waals surface area contributed by atoms with Gasteiger partial charge in [-0.05, 0) is 43.1 Å².